The molecule has 2 saturated heterocycles. The molecule has 0 aromatic rings. The molecule has 2 aliphatic rings. The van der Waals surface area contributed by atoms with Gasteiger partial charge in [0.15, 0.2) is 0 Å². The minimum absolute atomic E-state index is 0.0202. The molecular formula is C10H19FN2O. The van der Waals surface area contributed by atoms with Gasteiger partial charge in [-0.15, -0.1) is 0 Å². The van der Waals surface area contributed by atoms with Crippen LogP contribution in [0.25, 0.3) is 0 Å². The first-order valence-corrected chi connectivity index (χ1v) is 5.55. The molecule has 2 atom stereocenters. The van der Waals surface area contributed by atoms with Crippen molar-refractivity contribution in [2.45, 2.75) is 37.5 Å². The lowest BCUT2D eigenvalue weighted by Crippen LogP contribution is -2.51. The summed E-state index contributed by atoms with van der Waals surface area (Å²) >= 11 is 0. The van der Waals surface area contributed by atoms with Crippen LogP contribution in [0.1, 0.15) is 19.3 Å². The smallest absolute Gasteiger partial charge is 0.139 e. The Labute approximate surface area is 84.4 Å². The van der Waals surface area contributed by atoms with Crippen molar-refractivity contribution in [3.63, 3.8) is 0 Å². The van der Waals surface area contributed by atoms with Gasteiger partial charge in [-0.1, -0.05) is 0 Å². The molecule has 0 aromatic carbocycles. The van der Waals surface area contributed by atoms with E-state index in [0.717, 1.165) is 32.4 Å². The molecule has 0 radical (unpaired) electrons. The van der Waals surface area contributed by atoms with E-state index in [4.69, 9.17) is 4.74 Å². The number of alkyl halides is 1. The van der Waals surface area contributed by atoms with Crippen molar-refractivity contribution in [2.75, 3.05) is 26.3 Å². The molecule has 0 aromatic heterocycles. The summed E-state index contributed by atoms with van der Waals surface area (Å²) in [7, 11) is 0. The molecule has 14 heavy (non-hydrogen) atoms. The van der Waals surface area contributed by atoms with Gasteiger partial charge in [0.2, 0.25) is 0 Å². The van der Waals surface area contributed by atoms with Crippen molar-refractivity contribution < 1.29 is 9.13 Å². The zero-order valence-corrected chi connectivity index (χ0v) is 8.47. The van der Waals surface area contributed by atoms with Crippen LogP contribution < -0.4 is 10.6 Å². The maximum absolute atomic E-state index is 13.4. The van der Waals surface area contributed by atoms with Crippen molar-refractivity contribution in [2.24, 2.45) is 0 Å². The van der Waals surface area contributed by atoms with E-state index in [1.54, 1.807) is 0 Å². The van der Waals surface area contributed by atoms with E-state index in [1.165, 1.54) is 0 Å². The Kier molecular flexibility index (Phi) is 3.73. The minimum atomic E-state index is -0.821. The summed E-state index contributed by atoms with van der Waals surface area (Å²) in [5.74, 6) is 0. The SMILES string of the molecule is F[C@@H]1COCC[C@@H]1NC1CCNCC1. The van der Waals surface area contributed by atoms with Gasteiger partial charge in [-0.25, -0.2) is 4.39 Å². The van der Waals surface area contributed by atoms with Crippen LogP contribution in [0.3, 0.4) is 0 Å². The van der Waals surface area contributed by atoms with Crippen LogP contribution in [0.15, 0.2) is 0 Å². The van der Waals surface area contributed by atoms with Gasteiger partial charge >= 0.3 is 0 Å². The third-order valence-electron chi connectivity index (χ3n) is 3.08. The Balaban J connectivity index is 1.76. The maximum Gasteiger partial charge on any atom is 0.139 e. The second-order valence-electron chi connectivity index (χ2n) is 4.18. The van der Waals surface area contributed by atoms with Crippen LogP contribution in [0.5, 0.6) is 0 Å². The Bertz CT molecular complexity index is 174. The van der Waals surface area contributed by atoms with Gasteiger partial charge in [0.05, 0.1) is 6.61 Å². The predicted octanol–water partition coefficient (Wildman–Crippen LogP) is 0.455. The number of hydrogen-bond donors (Lipinski definition) is 2. The average Bonchev–Trinajstić information content (AvgIpc) is 2.23. The topological polar surface area (TPSA) is 33.3 Å². The number of ether oxygens (including phenoxy) is 1. The molecule has 0 spiro atoms. The van der Waals surface area contributed by atoms with Gasteiger partial charge in [-0.3, -0.25) is 0 Å². The van der Waals surface area contributed by atoms with E-state index in [-0.39, 0.29) is 12.6 Å². The summed E-state index contributed by atoms with van der Waals surface area (Å²) in [5, 5.41) is 6.72. The first kappa shape index (κ1) is 10.3. The Morgan fingerprint density at radius 2 is 2.00 bits per heavy atom. The lowest BCUT2D eigenvalue weighted by Gasteiger charge is -2.33. The lowest BCUT2D eigenvalue weighted by atomic mass is 10.0. The van der Waals surface area contributed by atoms with Crippen molar-refractivity contribution in [3.8, 4) is 0 Å². The van der Waals surface area contributed by atoms with Gasteiger partial charge in [-0.05, 0) is 32.4 Å². The molecule has 2 heterocycles. The van der Waals surface area contributed by atoms with E-state index < -0.39 is 6.17 Å². The fourth-order valence-corrected chi connectivity index (χ4v) is 2.18. The molecule has 2 N–H and O–H groups in total. The minimum Gasteiger partial charge on any atom is -0.378 e. The number of nitrogens with one attached hydrogen (secondary N) is 2. The molecule has 2 aliphatic heterocycles. The summed E-state index contributed by atoms with van der Waals surface area (Å²) in [6.45, 7) is 3.07. The highest BCUT2D eigenvalue weighted by atomic mass is 19.1. The molecule has 2 rings (SSSR count). The first-order valence-electron chi connectivity index (χ1n) is 5.55. The van der Waals surface area contributed by atoms with Crippen molar-refractivity contribution in [3.05, 3.63) is 0 Å². The van der Waals surface area contributed by atoms with E-state index in [9.17, 15) is 4.39 Å². The molecule has 82 valence electrons. The van der Waals surface area contributed by atoms with Gasteiger partial charge in [0, 0.05) is 18.7 Å². The fraction of sp³-hybridized carbons (Fsp3) is 1.00. The van der Waals surface area contributed by atoms with Crippen LogP contribution >= 0.6 is 0 Å². The van der Waals surface area contributed by atoms with E-state index >= 15 is 0 Å². The van der Waals surface area contributed by atoms with Crippen LogP contribution in [0, 0.1) is 0 Å². The molecule has 4 heteroatoms. The van der Waals surface area contributed by atoms with Crippen LogP contribution in [0.2, 0.25) is 0 Å². The molecule has 0 unspecified atom stereocenters. The predicted molar refractivity (Wildman–Crippen MR) is 53.1 cm³/mol. The normalized spacial score (nSPS) is 35.8. The average molecular weight is 202 g/mol. The highest BCUT2D eigenvalue weighted by molar-refractivity contribution is 4.84. The van der Waals surface area contributed by atoms with E-state index in [1.807, 2.05) is 0 Å². The van der Waals surface area contributed by atoms with Crippen LogP contribution in [0.4, 0.5) is 4.39 Å². The molecule has 0 amide bonds. The first-order chi connectivity index (χ1) is 6.86. The third-order valence-corrected chi connectivity index (χ3v) is 3.08. The summed E-state index contributed by atoms with van der Waals surface area (Å²) < 4.78 is 18.5. The quantitative estimate of drug-likeness (QED) is 0.682. The lowest BCUT2D eigenvalue weighted by molar-refractivity contribution is 0.00990. The van der Waals surface area contributed by atoms with Gasteiger partial charge in [-0.2, -0.15) is 0 Å². The summed E-state index contributed by atoms with van der Waals surface area (Å²) in [5.41, 5.74) is 0. The second-order valence-corrected chi connectivity index (χ2v) is 4.18. The summed E-state index contributed by atoms with van der Waals surface area (Å²) in [4.78, 5) is 0. The molecule has 2 fully saturated rings. The molecule has 0 aliphatic carbocycles. The van der Waals surface area contributed by atoms with Crippen molar-refractivity contribution >= 4 is 0 Å². The monoisotopic (exact) mass is 202 g/mol. The Hall–Kier alpha value is -0.190. The van der Waals surface area contributed by atoms with Gasteiger partial charge in [0.1, 0.15) is 6.17 Å². The molecule has 0 bridgehead atoms. The van der Waals surface area contributed by atoms with Crippen LogP contribution in [-0.2, 0) is 4.74 Å². The highest BCUT2D eigenvalue weighted by Crippen LogP contribution is 2.14. The highest BCUT2D eigenvalue weighted by Gasteiger charge is 2.27. The maximum atomic E-state index is 13.4. The molecular weight excluding hydrogens is 183 g/mol. The fourth-order valence-electron chi connectivity index (χ4n) is 2.18. The van der Waals surface area contributed by atoms with Crippen LogP contribution in [-0.4, -0.2) is 44.6 Å². The standard InChI is InChI=1S/C10H19FN2O/c11-9-7-14-6-3-10(9)13-8-1-4-12-5-2-8/h8-10,12-13H,1-7H2/t9-,10+/m1/s1. The van der Waals surface area contributed by atoms with Crippen molar-refractivity contribution in [1.82, 2.24) is 10.6 Å². The van der Waals surface area contributed by atoms with E-state index in [2.05, 4.69) is 10.6 Å². The van der Waals surface area contributed by atoms with Crippen molar-refractivity contribution in [1.29, 1.82) is 0 Å². The molecule has 0 saturated carbocycles. The largest absolute Gasteiger partial charge is 0.378 e. The summed E-state index contributed by atoms with van der Waals surface area (Å²) in [6, 6.07) is 0.518. The van der Waals surface area contributed by atoms with E-state index in [0.29, 0.717) is 12.6 Å². The van der Waals surface area contributed by atoms with Gasteiger partial charge < -0.3 is 15.4 Å². The number of rotatable bonds is 2. The Morgan fingerprint density at radius 1 is 1.21 bits per heavy atom. The van der Waals surface area contributed by atoms with Gasteiger partial charge in [0.25, 0.3) is 0 Å². The number of halogens is 1. The zero-order valence-electron chi connectivity index (χ0n) is 8.47. The zero-order chi connectivity index (χ0) is 9.80. The molecule has 3 nitrogen and oxygen atoms in total. The number of piperidine rings is 1. The second kappa shape index (κ2) is 5.05. The number of hydrogen-bond acceptors (Lipinski definition) is 3. The Morgan fingerprint density at radius 3 is 2.71 bits per heavy atom. The third kappa shape index (κ3) is 2.65. The summed E-state index contributed by atoms with van der Waals surface area (Å²) in [6.07, 6.45) is 2.22.